The molecule has 0 fully saturated rings. The lowest BCUT2D eigenvalue weighted by molar-refractivity contribution is 0.0600. The Labute approximate surface area is 141 Å². The quantitative estimate of drug-likeness (QED) is 0.677. The highest BCUT2D eigenvalue weighted by Crippen LogP contribution is 2.41. The fourth-order valence-corrected chi connectivity index (χ4v) is 4.12. The van der Waals surface area contributed by atoms with Crippen molar-refractivity contribution >= 4 is 11.5 Å². The fourth-order valence-electron chi connectivity index (χ4n) is 4.12. The minimum Gasteiger partial charge on any atom is -0.385 e. The zero-order valence-electron chi connectivity index (χ0n) is 14.0. The van der Waals surface area contributed by atoms with Crippen LogP contribution in [0.5, 0.6) is 0 Å². The average molecular weight is 327 g/mol. The van der Waals surface area contributed by atoms with Crippen molar-refractivity contribution in [1.29, 1.82) is 0 Å². The summed E-state index contributed by atoms with van der Waals surface area (Å²) >= 11 is 0. The lowest BCUT2D eigenvalue weighted by Gasteiger charge is -2.31. The monoisotopic (exact) mass is 327 g/mol. The van der Waals surface area contributed by atoms with E-state index < -0.39 is 6.23 Å². The Morgan fingerprint density at radius 1 is 1.38 bits per heavy atom. The molecule has 24 heavy (non-hydrogen) atoms. The largest absolute Gasteiger partial charge is 0.385 e. The lowest BCUT2D eigenvalue weighted by atomic mass is 9.88. The summed E-state index contributed by atoms with van der Waals surface area (Å²) in [5.74, 6) is 0.543. The van der Waals surface area contributed by atoms with Crippen molar-refractivity contribution in [3.8, 4) is 0 Å². The van der Waals surface area contributed by atoms with Gasteiger partial charge >= 0.3 is 0 Å². The number of fused-ring (bicyclic) bond motifs is 2. The smallest absolute Gasteiger partial charge is 0.156 e. The van der Waals surface area contributed by atoms with E-state index in [9.17, 15) is 5.11 Å². The molecule has 128 valence electrons. The number of aryl methyl sites for hydroxylation is 1. The minimum atomic E-state index is -0.773. The van der Waals surface area contributed by atoms with Gasteiger partial charge < -0.3 is 21.9 Å². The molecule has 3 unspecified atom stereocenters. The first-order valence-electron chi connectivity index (χ1n) is 8.71. The molecule has 1 aliphatic carbocycles. The van der Waals surface area contributed by atoms with Crippen molar-refractivity contribution in [3.05, 3.63) is 40.6 Å². The van der Waals surface area contributed by atoms with Gasteiger partial charge in [0, 0.05) is 29.8 Å². The van der Waals surface area contributed by atoms with Crippen LogP contribution < -0.4 is 16.8 Å². The summed E-state index contributed by atoms with van der Waals surface area (Å²) in [6.45, 7) is 2.92. The number of anilines is 2. The molecule has 0 saturated carbocycles. The van der Waals surface area contributed by atoms with Gasteiger partial charge in [-0.2, -0.15) is 5.10 Å². The third-order valence-electron chi connectivity index (χ3n) is 5.45. The highest BCUT2D eigenvalue weighted by Gasteiger charge is 2.33. The van der Waals surface area contributed by atoms with Gasteiger partial charge in [0.2, 0.25) is 0 Å². The Kier molecular flexibility index (Phi) is 3.73. The van der Waals surface area contributed by atoms with E-state index in [0.717, 1.165) is 54.7 Å². The van der Waals surface area contributed by atoms with Crippen molar-refractivity contribution < 1.29 is 5.11 Å². The number of aromatic nitrogens is 2. The lowest BCUT2D eigenvalue weighted by Crippen LogP contribution is -2.27. The zero-order chi connectivity index (χ0) is 16.8. The number of aliphatic hydroxyl groups is 1. The average Bonchev–Trinajstić information content (AvgIpc) is 2.93. The normalized spacial score (nSPS) is 24.0. The number of rotatable bonds is 2. The van der Waals surface area contributed by atoms with E-state index in [-0.39, 0.29) is 12.0 Å². The summed E-state index contributed by atoms with van der Waals surface area (Å²) < 4.78 is 1.60. The number of para-hydroxylation sites is 1. The Balaban J connectivity index is 1.74. The molecule has 4 rings (SSSR count). The van der Waals surface area contributed by atoms with Gasteiger partial charge in [-0.25, -0.2) is 4.68 Å². The fraction of sp³-hybridized carbons (Fsp3) is 0.500. The summed E-state index contributed by atoms with van der Waals surface area (Å²) in [7, 11) is 0. The molecule has 0 radical (unpaired) electrons. The van der Waals surface area contributed by atoms with Crippen molar-refractivity contribution in [3.63, 3.8) is 0 Å². The minimum absolute atomic E-state index is 0.0268. The molecule has 2 aliphatic rings. The number of hydrogen-bond donors (Lipinski definition) is 4. The first kappa shape index (κ1) is 15.5. The first-order valence-corrected chi connectivity index (χ1v) is 8.71. The predicted octanol–water partition coefficient (Wildman–Crippen LogP) is 2.20. The maximum absolute atomic E-state index is 11.1. The second kappa shape index (κ2) is 5.79. The van der Waals surface area contributed by atoms with Crippen molar-refractivity contribution in [2.45, 2.75) is 50.8 Å². The zero-order valence-corrected chi connectivity index (χ0v) is 14.0. The van der Waals surface area contributed by atoms with Crippen LogP contribution in [0.25, 0.3) is 0 Å². The van der Waals surface area contributed by atoms with Gasteiger partial charge in [0.1, 0.15) is 5.82 Å². The molecule has 6 heteroatoms. The third-order valence-corrected chi connectivity index (χ3v) is 5.45. The van der Waals surface area contributed by atoms with Gasteiger partial charge in [-0.3, -0.25) is 0 Å². The van der Waals surface area contributed by atoms with E-state index in [1.54, 1.807) is 4.68 Å². The molecule has 2 heterocycles. The summed E-state index contributed by atoms with van der Waals surface area (Å²) in [4.78, 5) is 0. The van der Waals surface area contributed by atoms with Crippen LogP contribution in [0.4, 0.5) is 11.5 Å². The number of benzene rings is 1. The van der Waals surface area contributed by atoms with Gasteiger partial charge in [0.25, 0.3) is 0 Å². The van der Waals surface area contributed by atoms with Crippen LogP contribution >= 0.6 is 0 Å². The van der Waals surface area contributed by atoms with Gasteiger partial charge in [-0.15, -0.1) is 0 Å². The highest BCUT2D eigenvalue weighted by atomic mass is 16.3. The molecule has 2 aromatic rings. The van der Waals surface area contributed by atoms with E-state index in [1.165, 1.54) is 5.56 Å². The summed E-state index contributed by atoms with van der Waals surface area (Å²) in [5.41, 5.74) is 17.8. The first-order chi connectivity index (χ1) is 11.6. The summed E-state index contributed by atoms with van der Waals surface area (Å²) in [6, 6.07) is 6.12. The van der Waals surface area contributed by atoms with Crippen LogP contribution in [0.15, 0.2) is 18.2 Å². The molecule has 0 amide bonds. The second-order valence-electron chi connectivity index (χ2n) is 6.97. The van der Waals surface area contributed by atoms with Gasteiger partial charge in [-0.05, 0) is 43.7 Å². The summed E-state index contributed by atoms with van der Waals surface area (Å²) in [6.07, 6.45) is 2.91. The van der Waals surface area contributed by atoms with Crippen LogP contribution in [-0.2, 0) is 6.42 Å². The van der Waals surface area contributed by atoms with Crippen molar-refractivity contribution in [2.24, 2.45) is 5.73 Å². The highest BCUT2D eigenvalue weighted by molar-refractivity contribution is 5.60. The molecule has 1 aromatic carbocycles. The molecule has 1 aliphatic heterocycles. The maximum atomic E-state index is 11.1. The Hall–Kier alpha value is -2.05. The molecule has 6 nitrogen and oxygen atoms in total. The molecular weight excluding hydrogens is 302 g/mol. The molecule has 0 saturated heterocycles. The Morgan fingerprint density at radius 3 is 3.00 bits per heavy atom. The molecule has 3 atom stereocenters. The SMILES string of the molecule is Cc1cccc2c1NCCC2C(O)n1nc2c(c1N)CCCC2N. The molecular formula is C18H25N5O. The number of hydrogen-bond acceptors (Lipinski definition) is 5. The summed E-state index contributed by atoms with van der Waals surface area (Å²) in [5, 5.41) is 19.1. The van der Waals surface area contributed by atoms with Crippen molar-refractivity contribution in [1.82, 2.24) is 9.78 Å². The number of nitrogens with zero attached hydrogens (tertiary/aromatic N) is 2. The molecule has 0 spiro atoms. The van der Waals surface area contributed by atoms with Crippen molar-refractivity contribution in [2.75, 3.05) is 17.6 Å². The van der Waals surface area contributed by atoms with Crippen LogP contribution in [0, 0.1) is 6.92 Å². The standard InChI is InChI=1S/C18H25N5O/c1-10-4-2-5-11-12(8-9-21-15(10)11)18(24)23-17(20)13-6-3-7-14(19)16(13)22-23/h2,4-5,12,14,18,21,24H,3,6-9,19-20H2,1H3. The van der Waals surface area contributed by atoms with Crippen LogP contribution in [0.1, 0.15) is 59.8 Å². The van der Waals surface area contributed by atoms with E-state index in [0.29, 0.717) is 5.82 Å². The van der Waals surface area contributed by atoms with Gasteiger partial charge in [-0.1, -0.05) is 18.2 Å². The second-order valence-corrected chi connectivity index (χ2v) is 6.97. The molecule has 1 aromatic heterocycles. The number of aliphatic hydroxyl groups excluding tert-OH is 1. The molecule has 6 N–H and O–H groups in total. The van der Waals surface area contributed by atoms with Crippen LogP contribution in [-0.4, -0.2) is 21.4 Å². The number of nitrogens with two attached hydrogens (primary N) is 2. The van der Waals surface area contributed by atoms with Gasteiger partial charge in [0.15, 0.2) is 6.23 Å². The van der Waals surface area contributed by atoms with E-state index in [2.05, 4.69) is 29.5 Å². The Morgan fingerprint density at radius 2 is 2.21 bits per heavy atom. The van der Waals surface area contributed by atoms with Crippen LogP contribution in [0.3, 0.4) is 0 Å². The third kappa shape index (κ3) is 2.29. The van der Waals surface area contributed by atoms with Crippen LogP contribution in [0.2, 0.25) is 0 Å². The van der Waals surface area contributed by atoms with E-state index in [4.69, 9.17) is 11.5 Å². The topological polar surface area (TPSA) is 102 Å². The maximum Gasteiger partial charge on any atom is 0.156 e. The molecule has 0 bridgehead atoms. The van der Waals surface area contributed by atoms with E-state index in [1.807, 2.05) is 6.07 Å². The number of nitrogens with one attached hydrogen (secondary N) is 1. The Bertz CT molecular complexity index is 769. The predicted molar refractivity (Wildman–Crippen MR) is 94.8 cm³/mol. The van der Waals surface area contributed by atoms with E-state index >= 15 is 0 Å². The van der Waals surface area contributed by atoms with Gasteiger partial charge in [0.05, 0.1) is 5.69 Å². The number of nitrogen functional groups attached to an aromatic ring is 1.